The Morgan fingerprint density at radius 1 is 0.692 bits per heavy atom. The van der Waals surface area contributed by atoms with Crippen LogP contribution in [-0.4, -0.2) is 5.78 Å². The molecule has 3 aliphatic heterocycles. The molecule has 26 heavy (non-hydrogen) atoms. The predicted octanol–water partition coefficient (Wildman–Crippen LogP) is 5.32. The standard InChI is InChI=1S/C22H14O4/c1-12(23)11-22-19-13-5-2-6-14(19)25-16-8-4-10-18(21(16)22)26-17-9-3-7-15(24-13)20(17)22/h2-10H,11H2,1H3. The van der Waals surface area contributed by atoms with Crippen LogP contribution in [0.1, 0.15) is 30.0 Å². The van der Waals surface area contributed by atoms with Gasteiger partial charge in [-0.3, -0.25) is 4.79 Å². The Labute approximate surface area is 149 Å². The number of carbonyl (C=O) groups excluding carboxylic acids is 1. The maximum absolute atomic E-state index is 12.4. The molecule has 6 rings (SSSR count). The van der Waals surface area contributed by atoms with E-state index in [0.717, 1.165) is 51.2 Å². The highest BCUT2D eigenvalue weighted by molar-refractivity contribution is 5.86. The van der Waals surface area contributed by atoms with Crippen LogP contribution in [0.15, 0.2) is 54.6 Å². The van der Waals surface area contributed by atoms with Crippen LogP contribution < -0.4 is 14.2 Å². The molecule has 0 aromatic heterocycles. The molecule has 0 fully saturated rings. The number of ketones is 1. The summed E-state index contributed by atoms with van der Waals surface area (Å²) in [6.07, 6.45) is 0.334. The summed E-state index contributed by atoms with van der Waals surface area (Å²) >= 11 is 0. The number of hydrogen-bond donors (Lipinski definition) is 0. The SMILES string of the molecule is CC(=O)CC12c3c4cccc3Oc3cccc(c31)Oc1cccc(c12)O4. The zero-order valence-corrected chi connectivity index (χ0v) is 14.0. The highest BCUT2D eigenvalue weighted by atomic mass is 16.5. The molecular weight excluding hydrogens is 328 g/mol. The lowest BCUT2D eigenvalue weighted by molar-refractivity contribution is -0.117. The Hall–Kier alpha value is -3.27. The van der Waals surface area contributed by atoms with Gasteiger partial charge in [-0.15, -0.1) is 0 Å². The summed E-state index contributed by atoms with van der Waals surface area (Å²) in [5, 5.41) is 0. The van der Waals surface area contributed by atoms with Gasteiger partial charge >= 0.3 is 0 Å². The minimum absolute atomic E-state index is 0.109. The second-order valence-electron chi connectivity index (χ2n) is 6.98. The van der Waals surface area contributed by atoms with Gasteiger partial charge in [0.05, 0.1) is 22.1 Å². The van der Waals surface area contributed by atoms with Crippen LogP contribution in [0.5, 0.6) is 34.5 Å². The molecule has 0 atom stereocenters. The molecule has 3 heterocycles. The van der Waals surface area contributed by atoms with Gasteiger partial charge in [0, 0.05) is 6.42 Å². The lowest BCUT2D eigenvalue weighted by Crippen LogP contribution is -2.39. The van der Waals surface area contributed by atoms with Crippen LogP contribution in [0.25, 0.3) is 0 Å². The van der Waals surface area contributed by atoms with Gasteiger partial charge in [0.1, 0.15) is 40.3 Å². The van der Waals surface area contributed by atoms with Crippen molar-refractivity contribution in [2.24, 2.45) is 0 Å². The fourth-order valence-electron chi connectivity index (χ4n) is 4.67. The highest BCUT2D eigenvalue weighted by Gasteiger charge is 2.55. The third-order valence-electron chi connectivity index (χ3n) is 5.42. The van der Waals surface area contributed by atoms with Gasteiger partial charge in [-0.2, -0.15) is 0 Å². The van der Waals surface area contributed by atoms with Crippen molar-refractivity contribution < 1.29 is 19.0 Å². The molecular formula is C22H14O4. The normalized spacial score (nSPS) is 15.9. The van der Waals surface area contributed by atoms with Crippen LogP contribution in [0, 0.1) is 0 Å². The van der Waals surface area contributed by atoms with E-state index in [9.17, 15) is 4.79 Å². The number of ether oxygens (including phenoxy) is 3. The Morgan fingerprint density at radius 2 is 1.00 bits per heavy atom. The number of hydrogen-bond acceptors (Lipinski definition) is 4. The van der Waals surface area contributed by atoms with Crippen molar-refractivity contribution in [3.63, 3.8) is 0 Å². The predicted molar refractivity (Wildman–Crippen MR) is 94.7 cm³/mol. The van der Waals surface area contributed by atoms with E-state index in [4.69, 9.17) is 14.2 Å². The molecule has 0 amide bonds. The molecule has 0 saturated heterocycles. The van der Waals surface area contributed by atoms with Crippen LogP contribution >= 0.6 is 0 Å². The monoisotopic (exact) mass is 342 g/mol. The van der Waals surface area contributed by atoms with E-state index in [-0.39, 0.29) is 5.78 Å². The van der Waals surface area contributed by atoms with Gasteiger partial charge in [0.2, 0.25) is 0 Å². The summed E-state index contributed by atoms with van der Waals surface area (Å²) in [4.78, 5) is 12.4. The molecule has 0 saturated carbocycles. The van der Waals surface area contributed by atoms with Crippen LogP contribution in [0.4, 0.5) is 0 Å². The summed E-state index contributed by atoms with van der Waals surface area (Å²) in [7, 11) is 0. The summed E-state index contributed by atoms with van der Waals surface area (Å²) < 4.78 is 18.6. The molecule has 3 aromatic carbocycles. The molecule has 4 heteroatoms. The lowest BCUT2D eigenvalue weighted by atomic mass is 9.62. The van der Waals surface area contributed by atoms with Crippen LogP contribution in [0.3, 0.4) is 0 Å². The molecule has 4 nitrogen and oxygen atoms in total. The second kappa shape index (κ2) is 4.47. The first-order chi connectivity index (χ1) is 12.7. The van der Waals surface area contributed by atoms with Gasteiger partial charge in [-0.25, -0.2) is 0 Å². The zero-order chi connectivity index (χ0) is 17.5. The summed E-state index contributed by atoms with van der Waals surface area (Å²) in [6.45, 7) is 1.63. The lowest BCUT2D eigenvalue weighted by Gasteiger charge is -2.47. The van der Waals surface area contributed by atoms with Gasteiger partial charge in [0.15, 0.2) is 0 Å². The fourth-order valence-corrected chi connectivity index (χ4v) is 4.67. The first kappa shape index (κ1) is 14.0. The van der Waals surface area contributed by atoms with E-state index in [1.54, 1.807) is 6.92 Å². The quantitative estimate of drug-likeness (QED) is 0.495. The largest absolute Gasteiger partial charge is 0.456 e. The van der Waals surface area contributed by atoms with Gasteiger partial charge < -0.3 is 14.2 Å². The number of rotatable bonds is 2. The number of benzene rings is 3. The summed E-state index contributed by atoms with van der Waals surface area (Å²) in [5.41, 5.74) is 2.10. The van der Waals surface area contributed by atoms with E-state index >= 15 is 0 Å². The van der Waals surface area contributed by atoms with E-state index in [1.807, 2.05) is 54.6 Å². The topological polar surface area (TPSA) is 44.8 Å². The Bertz CT molecular complexity index is 938. The van der Waals surface area contributed by atoms with Crippen molar-refractivity contribution in [2.75, 3.05) is 0 Å². The molecule has 0 aliphatic carbocycles. The second-order valence-corrected chi connectivity index (χ2v) is 6.98. The Balaban J connectivity index is 1.85. The molecule has 0 unspecified atom stereocenters. The minimum atomic E-state index is -0.648. The zero-order valence-electron chi connectivity index (χ0n) is 14.0. The van der Waals surface area contributed by atoms with E-state index in [1.165, 1.54) is 0 Å². The maximum Gasteiger partial charge on any atom is 0.135 e. The third-order valence-corrected chi connectivity index (χ3v) is 5.42. The maximum atomic E-state index is 12.4. The molecule has 126 valence electrons. The van der Waals surface area contributed by atoms with E-state index < -0.39 is 5.41 Å². The van der Waals surface area contributed by atoms with Crippen molar-refractivity contribution in [3.8, 4) is 34.5 Å². The van der Waals surface area contributed by atoms with Crippen molar-refractivity contribution in [1.82, 2.24) is 0 Å². The molecule has 0 radical (unpaired) electrons. The molecule has 3 aliphatic rings. The Morgan fingerprint density at radius 3 is 1.27 bits per heavy atom. The van der Waals surface area contributed by atoms with Gasteiger partial charge in [0.25, 0.3) is 0 Å². The van der Waals surface area contributed by atoms with Gasteiger partial charge in [-0.1, -0.05) is 18.2 Å². The van der Waals surface area contributed by atoms with Gasteiger partial charge in [-0.05, 0) is 43.3 Å². The van der Waals surface area contributed by atoms with Crippen molar-refractivity contribution in [3.05, 3.63) is 71.3 Å². The first-order valence-corrected chi connectivity index (χ1v) is 8.62. The Kier molecular flexibility index (Phi) is 2.40. The van der Waals surface area contributed by atoms with E-state index in [0.29, 0.717) is 6.42 Å². The number of Topliss-reactive ketones (excluding diaryl/α,β-unsaturated/α-hetero) is 1. The van der Waals surface area contributed by atoms with Crippen molar-refractivity contribution in [1.29, 1.82) is 0 Å². The first-order valence-electron chi connectivity index (χ1n) is 8.62. The van der Waals surface area contributed by atoms with Crippen LogP contribution in [0.2, 0.25) is 0 Å². The molecule has 0 spiro atoms. The smallest absolute Gasteiger partial charge is 0.135 e. The van der Waals surface area contributed by atoms with Crippen molar-refractivity contribution in [2.45, 2.75) is 18.8 Å². The highest BCUT2D eigenvalue weighted by Crippen LogP contribution is 2.67. The third kappa shape index (κ3) is 1.48. The minimum Gasteiger partial charge on any atom is -0.456 e. The fraction of sp³-hybridized carbons (Fsp3) is 0.136. The van der Waals surface area contributed by atoms with Crippen molar-refractivity contribution >= 4 is 5.78 Å². The van der Waals surface area contributed by atoms with Crippen LogP contribution in [-0.2, 0) is 10.2 Å². The van der Waals surface area contributed by atoms with E-state index in [2.05, 4.69) is 0 Å². The average Bonchev–Trinajstić information content (AvgIpc) is 2.61. The molecule has 0 N–H and O–H groups in total. The number of carbonyl (C=O) groups is 1. The summed E-state index contributed by atoms with van der Waals surface area (Å²) in [5.74, 6) is 4.50. The molecule has 3 aromatic rings. The molecule has 0 bridgehead atoms. The summed E-state index contributed by atoms with van der Waals surface area (Å²) in [6, 6.07) is 17.3. The average molecular weight is 342 g/mol.